The minimum atomic E-state index is -1.62. The molecule has 0 spiro atoms. The van der Waals surface area contributed by atoms with Crippen LogP contribution in [0.3, 0.4) is 0 Å². The van der Waals surface area contributed by atoms with E-state index < -0.39 is 30.6 Å². The van der Waals surface area contributed by atoms with Crippen LogP contribution in [0.15, 0.2) is 42.9 Å². The van der Waals surface area contributed by atoms with Gasteiger partial charge in [-0.1, -0.05) is 30.3 Å². The van der Waals surface area contributed by atoms with Crippen molar-refractivity contribution in [2.75, 3.05) is 12.3 Å². The second-order valence-electron chi connectivity index (χ2n) is 6.65. The zero-order chi connectivity index (χ0) is 18.5. The van der Waals surface area contributed by atoms with Crippen LogP contribution in [-0.2, 0) is 4.74 Å². The lowest BCUT2D eigenvalue weighted by Crippen LogP contribution is -2.44. The van der Waals surface area contributed by atoms with Crippen molar-refractivity contribution in [2.45, 2.75) is 31.0 Å². The summed E-state index contributed by atoms with van der Waals surface area (Å²) in [6.07, 6.45) is 0.0356. The maximum Gasteiger partial charge on any atom is 0.167 e. The van der Waals surface area contributed by atoms with Gasteiger partial charge in [-0.2, -0.15) is 0 Å². The van der Waals surface area contributed by atoms with Crippen molar-refractivity contribution in [1.82, 2.24) is 14.5 Å². The second-order valence-corrected chi connectivity index (χ2v) is 6.65. The Bertz CT molecular complexity index is 941. The van der Waals surface area contributed by atoms with Gasteiger partial charge in [0.2, 0.25) is 0 Å². The molecule has 0 bridgehead atoms. The van der Waals surface area contributed by atoms with Crippen LogP contribution in [0.1, 0.15) is 13.2 Å². The van der Waals surface area contributed by atoms with Gasteiger partial charge < -0.3 is 30.4 Å². The van der Waals surface area contributed by atoms with E-state index in [1.54, 1.807) is 10.8 Å². The van der Waals surface area contributed by atoms with E-state index >= 15 is 0 Å². The number of benzene rings is 1. The normalized spacial score (nSPS) is 28.7. The number of aliphatic hydroxyl groups is 3. The van der Waals surface area contributed by atoms with Crippen molar-refractivity contribution in [3.63, 3.8) is 0 Å². The third kappa shape index (κ3) is 2.38. The van der Waals surface area contributed by atoms with Gasteiger partial charge in [0.15, 0.2) is 6.23 Å². The van der Waals surface area contributed by atoms with Gasteiger partial charge in [0.05, 0.1) is 12.0 Å². The summed E-state index contributed by atoms with van der Waals surface area (Å²) in [7, 11) is 0. The minimum Gasteiger partial charge on any atom is -0.394 e. The lowest BCUT2D eigenvalue weighted by Gasteiger charge is -2.27. The summed E-state index contributed by atoms with van der Waals surface area (Å²) in [6.45, 7) is 1.06. The molecule has 0 radical (unpaired) electrons. The molecule has 4 atom stereocenters. The zero-order valence-corrected chi connectivity index (χ0v) is 14.1. The molecule has 0 aliphatic carbocycles. The topological polar surface area (TPSA) is 127 Å². The van der Waals surface area contributed by atoms with Crippen LogP contribution in [0.5, 0.6) is 0 Å². The molecule has 1 fully saturated rings. The summed E-state index contributed by atoms with van der Waals surface area (Å²) >= 11 is 0. The van der Waals surface area contributed by atoms with E-state index in [4.69, 9.17) is 10.5 Å². The quantitative estimate of drug-likeness (QED) is 0.543. The number of aromatic nitrogens is 3. The van der Waals surface area contributed by atoms with Gasteiger partial charge >= 0.3 is 0 Å². The van der Waals surface area contributed by atoms with Crippen molar-refractivity contribution < 1.29 is 20.1 Å². The molecule has 8 heteroatoms. The molecule has 4 rings (SSSR count). The Labute approximate surface area is 149 Å². The first kappa shape index (κ1) is 16.9. The van der Waals surface area contributed by atoms with Crippen molar-refractivity contribution in [3.05, 3.63) is 42.9 Å². The van der Waals surface area contributed by atoms with E-state index in [1.165, 1.54) is 13.3 Å². The van der Waals surface area contributed by atoms with Crippen LogP contribution in [0.25, 0.3) is 22.2 Å². The third-order valence-corrected chi connectivity index (χ3v) is 4.91. The van der Waals surface area contributed by atoms with Crippen molar-refractivity contribution in [2.24, 2.45) is 0 Å². The SMILES string of the molecule is CC1(O)C(O)[C@@H](CO)O[C@H]1n1cc(-c2ccccc2)c2c(N)ncnc21. The second kappa shape index (κ2) is 6.03. The summed E-state index contributed by atoms with van der Waals surface area (Å²) in [5, 5.41) is 31.2. The maximum absolute atomic E-state index is 10.8. The number of ether oxygens (including phenoxy) is 1. The Morgan fingerprint density at radius 1 is 1.27 bits per heavy atom. The molecule has 5 N–H and O–H groups in total. The highest BCUT2D eigenvalue weighted by atomic mass is 16.6. The molecule has 3 heterocycles. The first-order valence-electron chi connectivity index (χ1n) is 8.28. The Morgan fingerprint density at radius 2 is 2.00 bits per heavy atom. The fourth-order valence-corrected chi connectivity index (χ4v) is 3.51. The fourth-order valence-electron chi connectivity index (χ4n) is 3.51. The van der Waals surface area contributed by atoms with Crippen LogP contribution >= 0.6 is 0 Å². The number of nitrogen functional groups attached to an aromatic ring is 1. The summed E-state index contributed by atoms with van der Waals surface area (Å²) < 4.78 is 7.37. The Hall–Kier alpha value is -2.52. The molecular weight excluding hydrogens is 336 g/mol. The molecule has 0 amide bonds. The van der Waals surface area contributed by atoms with E-state index in [2.05, 4.69) is 9.97 Å². The summed E-state index contributed by atoms with van der Waals surface area (Å²) in [5.41, 5.74) is 6.66. The summed E-state index contributed by atoms with van der Waals surface area (Å²) in [6, 6.07) is 9.60. The fraction of sp³-hybridized carbons (Fsp3) is 0.333. The molecule has 1 aromatic carbocycles. The number of fused-ring (bicyclic) bond motifs is 1. The molecule has 0 saturated carbocycles. The van der Waals surface area contributed by atoms with Gasteiger partial charge in [-0.05, 0) is 12.5 Å². The van der Waals surface area contributed by atoms with E-state index in [9.17, 15) is 15.3 Å². The van der Waals surface area contributed by atoms with Crippen LogP contribution in [0, 0.1) is 0 Å². The first-order chi connectivity index (χ1) is 12.4. The summed E-state index contributed by atoms with van der Waals surface area (Å²) in [5.74, 6) is 0.310. The van der Waals surface area contributed by atoms with Crippen LogP contribution in [0.2, 0.25) is 0 Å². The van der Waals surface area contributed by atoms with Gasteiger partial charge in [-0.25, -0.2) is 9.97 Å². The van der Waals surface area contributed by atoms with E-state index in [1.807, 2.05) is 30.3 Å². The Balaban J connectivity index is 1.94. The zero-order valence-electron chi connectivity index (χ0n) is 14.1. The van der Waals surface area contributed by atoms with Gasteiger partial charge in [0.1, 0.15) is 35.6 Å². The molecule has 2 unspecified atom stereocenters. The largest absolute Gasteiger partial charge is 0.394 e. The van der Waals surface area contributed by atoms with E-state index in [-0.39, 0.29) is 0 Å². The molecule has 136 valence electrons. The van der Waals surface area contributed by atoms with Gasteiger partial charge in [-0.3, -0.25) is 0 Å². The minimum absolute atomic E-state index is 0.310. The highest BCUT2D eigenvalue weighted by molar-refractivity contribution is 6.00. The van der Waals surface area contributed by atoms with E-state index in [0.29, 0.717) is 16.9 Å². The lowest BCUT2D eigenvalue weighted by atomic mass is 9.96. The number of hydrogen-bond donors (Lipinski definition) is 4. The van der Waals surface area contributed by atoms with Crippen molar-refractivity contribution in [1.29, 1.82) is 0 Å². The molecule has 1 aliphatic rings. The standard InChI is InChI=1S/C18H20N4O4/c1-18(25)14(24)12(8-23)26-17(18)22-7-11(10-5-3-2-4-6-10)13-15(19)20-9-21-16(13)22/h2-7,9,12,14,17,23-25H,8H2,1H3,(H2,19,20,21)/t12-,14?,17-,18?/m1/s1. The van der Waals surface area contributed by atoms with Gasteiger partial charge in [0, 0.05) is 11.8 Å². The predicted octanol–water partition coefficient (Wildman–Crippen LogP) is 0.682. The number of rotatable bonds is 3. The monoisotopic (exact) mass is 356 g/mol. The highest BCUT2D eigenvalue weighted by Gasteiger charge is 2.53. The molecule has 1 aliphatic heterocycles. The number of nitrogens with zero attached hydrogens (tertiary/aromatic N) is 3. The molecule has 2 aromatic heterocycles. The number of hydrogen-bond acceptors (Lipinski definition) is 7. The molecule has 8 nitrogen and oxygen atoms in total. The average Bonchev–Trinajstić information content (AvgIpc) is 3.13. The third-order valence-electron chi connectivity index (χ3n) is 4.91. The molecule has 1 saturated heterocycles. The molecule has 26 heavy (non-hydrogen) atoms. The van der Waals surface area contributed by atoms with Crippen LogP contribution in [0.4, 0.5) is 5.82 Å². The van der Waals surface area contributed by atoms with Crippen LogP contribution < -0.4 is 5.73 Å². The molecular formula is C18H20N4O4. The Kier molecular flexibility index (Phi) is 3.92. The van der Waals surface area contributed by atoms with Crippen LogP contribution in [-0.4, -0.2) is 54.3 Å². The van der Waals surface area contributed by atoms with Gasteiger partial charge in [0.25, 0.3) is 0 Å². The van der Waals surface area contributed by atoms with Gasteiger partial charge in [-0.15, -0.1) is 0 Å². The Morgan fingerprint density at radius 3 is 2.65 bits per heavy atom. The number of aliphatic hydroxyl groups excluding tert-OH is 2. The number of anilines is 1. The smallest absolute Gasteiger partial charge is 0.167 e. The van der Waals surface area contributed by atoms with Crippen molar-refractivity contribution >= 4 is 16.9 Å². The first-order valence-corrected chi connectivity index (χ1v) is 8.28. The lowest BCUT2D eigenvalue weighted by molar-refractivity contribution is -0.0948. The van der Waals surface area contributed by atoms with Crippen molar-refractivity contribution in [3.8, 4) is 11.1 Å². The number of nitrogens with two attached hydrogens (primary N) is 1. The summed E-state index contributed by atoms with van der Waals surface area (Å²) in [4.78, 5) is 8.39. The predicted molar refractivity (Wildman–Crippen MR) is 95.0 cm³/mol. The van der Waals surface area contributed by atoms with E-state index in [0.717, 1.165) is 11.1 Å². The highest BCUT2D eigenvalue weighted by Crippen LogP contribution is 2.42. The maximum atomic E-state index is 10.8. The average molecular weight is 356 g/mol. The molecule has 3 aromatic rings.